The first kappa shape index (κ1) is 11.8. The zero-order chi connectivity index (χ0) is 12.6. The largest absolute Gasteiger partial charge is 0.465 e. The van der Waals surface area contributed by atoms with Crippen LogP contribution in [0, 0.1) is 5.41 Å². The molecule has 0 bridgehead atoms. The molecular weight excluding hydrogens is 216 g/mol. The molecule has 1 unspecified atom stereocenters. The zero-order valence-electron chi connectivity index (χ0n) is 10.4. The quantitative estimate of drug-likeness (QED) is 0.396. The minimum atomic E-state index is -0.518. The molecule has 1 atom stereocenters. The van der Waals surface area contributed by atoms with E-state index in [0.29, 0.717) is 6.42 Å². The van der Waals surface area contributed by atoms with Crippen molar-refractivity contribution < 1.29 is 14.3 Å². The van der Waals surface area contributed by atoms with Gasteiger partial charge in [-0.25, -0.2) is 4.79 Å². The summed E-state index contributed by atoms with van der Waals surface area (Å²) in [4.78, 5) is 23.7. The van der Waals surface area contributed by atoms with Crippen molar-refractivity contribution in [3.63, 3.8) is 0 Å². The molecular formula is C14H16O3. The highest BCUT2D eigenvalue weighted by molar-refractivity contribution is 6.23. The SMILES string of the molecule is COC(=O)C1=C2CC=CCC2(C)C(C)=CC1=O. The number of hydrogen-bond acceptors (Lipinski definition) is 3. The van der Waals surface area contributed by atoms with E-state index in [-0.39, 0.29) is 16.8 Å². The van der Waals surface area contributed by atoms with Crippen molar-refractivity contribution in [1.82, 2.24) is 0 Å². The van der Waals surface area contributed by atoms with Gasteiger partial charge >= 0.3 is 5.97 Å². The molecule has 0 saturated heterocycles. The minimum Gasteiger partial charge on any atom is -0.465 e. The monoisotopic (exact) mass is 232 g/mol. The van der Waals surface area contributed by atoms with E-state index >= 15 is 0 Å². The number of allylic oxidation sites excluding steroid dienone is 5. The van der Waals surface area contributed by atoms with E-state index in [0.717, 1.165) is 17.6 Å². The molecule has 90 valence electrons. The number of carbonyl (C=O) groups excluding carboxylic acids is 2. The average Bonchev–Trinajstić information content (AvgIpc) is 2.30. The van der Waals surface area contributed by atoms with Crippen molar-refractivity contribution in [2.45, 2.75) is 26.7 Å². The number of fused-ring (bicyclic) bond motifs is 1. The van der Waals surface area contributed by atoms with Crippen molar-refractivity contribution in [2.75, 3.05) is 7.11 Å². The van der Waals surface area contributed by atoms with Crippen LogP contribution in [-0.2, 0) is 14.3 Å². The molecule has 0 amide bonds. The summed E-state index contributed by atoms with van der Waals surface area (Å²) in [7, 11) is 1.31. The predicted molar refractivity (Wildman–Crippen MR) is 64.3 cm³/mol. The lowest BCUT2D eigenvalue weighted by molar-refractivity contribution is -0.137. The van der Waals surface area contributed by atoms with Gasteiger partial charge in [-0.3, -0.25) is 4.79 Å². The third-order valence-corrected chi connectivity index (χ3v) is 3.84. The van der Waals surface area contributed by atoms with E-state index in [1.54, 1.807) is 6.08 Å². The maximum absolute atomic E-state index is 11.9. The topological polar surface area (TPSA) is 43.4 Å². The van der Waals surface area contributed by atoms with Crippen LogP contribution in [0.3, 0.4) is 0 Å². The zero-order valence-corrected chi connectivity index (χ0v) is 10.4. The third-order valence-electron chi connectivity index (χ3n) is 3.84. The summed E-state index contributed by atoms with van der Waals surface area (Å²) in [5.41, 5.74) is 1.95. The van der Waals surface area contributed by atoms with Gasteiger partial charge in [0.1, 0.15) is 5.57 Å². The first-order valence-corrected chi connectivity index (χ1v) is 5.70. The Morgan fingerprint density at radius 3 is 2.76 bits per heavy atom. The van der Waals surface area contributed by atoms with Gasteiger partial charge in [0.05, 0.1) is 7.11 Å². The average molecular weight is 232 g/mol. The van der Waals surface area contributed by atoms with Crippen molar-refractivity contribution in [3.8, 4) is 0 Å². The number of ether oxygens (including phenoxy) is 1. The highest BCUT2D eigenvalue weighted by atomic mass is 16.5. The smallest absolute Gasteiger partial charge is 0.341 e. The Morgan fingerprint density at radius 2 is 2.12 bits per heavy atom. The number of rotatable bonds is 1. The molecule has 0 heterocycles. The second-order valence-corrected chi connectivity index (χ2v) is 4.75. The van der Waals surface area contributed by atoms with Gasteiger partial charge in [-0.2, -0.15) is 0 Å². The number of carbonyl (C=O) groups is 2. The van der Waals surface area contributed by atoms with E-state index in [1.165, 1.54) is 7.11 Å². The Labute approximate surface area is 101 Å². The van der Waals surface area contributed by atoms with E-state index in [1.807, 2.05) is 13.0 Å². The predicted octanol–water partition coefficient (Wildman–Crippen LogP) is 2.34. The summed E-state index contributed by atoms with van der Waals surface area (Å²) in [5, 5.41) is 0. The van der Waals surface area contributed by atoms with Crippen molar-refractivity contribution in [1.29, 1.82) is 0 Å². The Balaban J connectivity index is 2.62. The van der Waals surface area contributed by atoms with Crippen LogP contribution in [0.1, 0.15) is 26.7 Å². The Morgan fingerprint density at radius 1 is 1.41 bits per heavy atom. The Kier molecular flexibility index (Phi) is 2.77. The fourth-order valence-corrected chi connectivity index (χ4v) is 2.55. The van der Waals surface area contributed by atoms with Gasteiger partial charge in [0.25, 0.3) is 0 Å². The molecule has 3 nitrogen and oxygen atoms in total. The Hall–Kier alpha value is -1.64. The summed E-state index contributed by atoms with van der Waals surface area (Å²) in [5.74, 6) is -0.743. The van der Waals surface area contributed by atoms with E-state index in [4.69, 9.17) is 4.74 Å². The summed E-state index contributed by atoms with van der Waals surface area (Å²) in [6, 6.07) is 0. The molecule has 17 heavy (non-hydrogen) atoms. The van der Waals surface area contributed by atoms with Crippen LogP contribution < -0.4 is 0 Å². The molecule has 0 aliphatic heterocycles. The number of hydrogen-bond donors (Lipinski definition) is 0. The fourth-order valence-electron chi connectivity index (χ4n) is 2.55. The van der Waals surface area contributed by atoms with Gasteiger partial charge in [-0.1, -0.05) is 24.6 Å². The van der Waals surface area contributed by atoms with Crippen LogP contribution in [-0.4, -0.2) is 18.9 Å². The molecule has 0 spiro atoms. The summed E-state index contributed by atoms with van der Waals surface area (Å²) in [6.07, 6.45) is 7.16. The third kappa shape index (κ3) is 1.66. The summed E-state index contributed by atoms with van der Waals surface area (Å²) in [6.45, 7) is 4.03. The molecule has 0 aromatic heterocycles. The lowest BCUT2D eigenvalue weighted by Crippen LogP contribution is -2.32. The van der Waals surface area contributed by atoms with Crippen molar-refractivity contribution >= 4 is 11.8 Å². The van der Waals surface area contributed by atoms with Gasteiger partial charge in [0, 0.05) is 5.41 Å². The standard InChI is InChI=1S/C14H16O3/c1-9-8-11(15)12(13(16)17-3)10-6-4-5-7-14(9,10)2/h4-5,8H,6-7H2,1-3H3. The van der Waals surface area contributed by atoms with E-state index < -0.39 is 5.97 Å². The van der Waals surface area contributed by atoms with Crippen LogP contribution in [0.5, 0.6) is 0 Å². The van der Waals surface area contributed by atoms with Gasteiger partial charge in [-0.15, -0.1) is 0 Å². The molecule has 2 rings (SSSR count). The molecule has 0 fully saturated rings. The highest BCUT2D eigenvalue weighted by Crippen LogP contribution is 2.47. The van der Waals surface area contributed by atoms with Gasteiger partial charge < -0.3 is 4.74 Å². The first-order chi connectivity index (χ1) is 8.00. The van der Waals surface area contributed by atoms with Crippen molar-refractivity contribution in [3.05, 3.63) is 34.9 Å². The normalized spacial score (nSPS) is 27.7. The lowest BCUT2D eigenvalue weighted by Gasteiger charge is -2.38. The molecule has 0 aromatic carbocycles. The minimum absolute atomic E-state index is 0.202. The molecule has 0 radical (unpaired) electrons. The summed E-state index contributed by atoms with van der Waals surface area (Å²) < 4.78 is 4.72. The molecule has 2 aliphatic rings. The first-order valence-electron chi connectivity index (χ1n) is 5.70. The maximum atomic E-state index is 11.9. The van der Waals surface area contributed by atoms with Crippen LogP contribution in [0.4, 0.5) is 0 Å². The molecule has 3 heteroatoms. The van der Waals surface area contributed by atoms with Gasteiger partial charge in [0.15, 0.2) is 5.78 Å². The lowest BCUT2D eigenvalue weighted by atomic mass is 9.65. The highest BCUT2D eigenvalue weighted by Gasteiger charge is 2.40. The van der Waals surface area contributed by atoms with Gasteiger partial charge in [0.2, 0.25) is 0 Å². The number of esters is 1. The second kappa shape index (κ2) is 3.99. The van der Waals surface area contributed by atoms with E-state index in [9.17, 15) is 9.59 Å². The number of ketones is 1. The Bertz CT molecular complexity index is 480. The number of methoxy groups -OCH3 is 1. The molecule has 0 saturated carbocycles. The van der Waals surface area contributed by atoms with Crippen LogP contribution >= 0.6 is 0 Å². The van der Waals surface area contributed by atoms with Crippen molar-refractivity contribution in [2.24, 2.45) is 5.41 Å². The molecule has 2 aliphatic carbocycles. The fraction of sp³-hybridized carbons (Fsp3) is 0.429. The molecule has 0 N–H and O–H groups in total. The van der Waals surface area contributed by atoms with Gasteiger partial charge in [-0.05, 0) is 31.4 Å². The maximum Gasteiger partial charge on any atom is 0.341 e. The van der Waals surface area contributed by atoms with Crippen LogP contribution in [0.2, 0.25) is 0 Å². The van der Waals surface area contributed by atoms with Crippen LogP contribution in [0.25, 0.3) is 0 Å². The summed E-state index contributed by atoms with van der Waals surface area (Å²) >= 11 is 0. The molecule has 0 aromatic rings. The second-order valence-electron chi connectivity index (χ2n) is 4.75. The van der Waals surface area contributed by atoms with Crippen LogP contribution in [0.15, 0.2) is 34.9 Å². The van der Waals surface area contributed by atoms with E-state index in [2.05, 4.69) is 13.0 Å².